The summed E-state index contributed by atoms with van der Waals surface area (Å²) in [5.74, 6) is 0. The number of imidazole rings is 1. The molecule has 1 saturated heterocycles. The predicted octanol–water partition coefficient (Wildman–Crippen LogP) is 3.76. The van der Waals surface area contributed by atoms with Gasteiger partial charge in [0.1, 0.15) is 0 Å². The monoisotopic (exact) mass is 463 g/mol. The number of ether oxygens (including phenoxy) is 1. The van der Waals surface area contributed by atoms with Crippen LogP contribution in [-0.4, -0.2) is 44.7 Å². The maximum absolute atomic E-state index is 13.9. The van der Waals surface area contributed by atoms with Gasteiger partial charge in [0.25, 0.3) is 0 Å². The zero-order valence-electron chi connectivity index (χ0n) is 19.2. The van der Waals surface area contributed by atoms with Crippen LogP contribution in [0.4, 0.5) is 18.9 Å². The molecular formula is C23H28F3N5O2. The third kappa shape index (κ3) is 4.57. The summed E-state index contributed by atoms with van der Waals surface area (Å²) in [6.45, 7) is 9.45. The largest absolute Gasteiger partial charge is 0.416 e. The molecule has 4 rings (SSSR count). The van der Waals surface area contributed by atoms with E-state index >= 15 is 0 Å². The van der Waals surface area contributed by atoms with Gasteiger partial charge in [0.15, 0.2) is 0 Å². The number of rotatable bonds is 5. The highest BCUT2D eigenvalue weighted by atomic mass is 19.4. The minimum atomic E-state index is -4.54. The van der Waals surface area contributed by atoms with Gasteiger partial charge in [-0.15, -0.1) is 0 Å². The van der Waals surface area contributed by atoms with Crippen molar-refractivity contribution >= 4 is 5.69 Å². The van der Waals surface area contributed by atoms with Crippen molar-refractivity contribution in [1.29, 1.82) is 0 Å². The molecule has 0 amide bonds. The zero-order valence-corrected chi connectivity index (χ0v) is 19.2. The Hall–Kier alpha value is -3.01. The first-order valence-corrected chi connectivity index (χ1v) is 11.0. The molecule has 2 aromatic heterocycles. The number of halogens is 3. The van der Waals surface area contributed by atoms with Gasteiger partial charge in [-0.3, -0.25) is 13.8 Å². The molecule has 1 aliphatic rings. The fourth-order valence-corrected chi connectivity index (χ4v) is 4.27. The van der Waals surface area contributed by atoms with Crippen LogP contribution in [0.15, 0.2) is 35.5 Å². The van der Waals surface area contributed by atoms with Crippen molar-refractivity contribution < 1.29 is 17.9 Å². The molecule has 1 fully saturated rings. The quantitative estimate of drug-likeness (QED) is 0.578. The van der Waals surface area contributed by atoms with E-state index in [9.17, 15) is 18.0 Å². The lowest BCUT2D eigenvalue weighted by Gasteiger charge is -2.34. The molecule has 0 saturated carbocycles. The van der Waals surface area contributed by atoms with Crippen LogP contribution in [0, 0.1) is 13.8 Å². The van der Waals surface area contributed by atoms with E-state index in [2.05, 4.69) is 5.10 Å². The Morgan fingerprint density at radius 1 is 1.21 bits per heavy atom. The molecule has 0 radical (unpaired) electrons. The van der Waals surface area contributed by atoms with E-state index in [-0.39, 0.29) is 23.0 Å². The summed E-state index contributed by atoms with van der Waals surface area (Å²) in [4.78, 5) is 15.2. The van der Waals surface area contributed by atoms with Crippen LogP contribution in [0.25, 0.3) is 5.69 Å². The van der Waals surface area contributed by atoms with Crippen molar-refractivity contribution in [3.8, 4) is 5.69 Å². The standard InChI is InChI=1S/C23H28F3N5O2/c1-5-29-13-18(10-27-29)14-30-15(2)11-31(22(30)32)21-9-19(28-6-7-33-16(3)12-28)8-20(17(21)4)23(24,25)26/h8-11,13,16H,5-7,12,14H2,1-4H3/t16-/m1/s1. The van der Waals surface area contributed by atoms with Crippen molar-refractivity contribution in [2.24, 2.45) is 0 Å². The van der Waals surface area contributed by atoms with Crippen LogP contribution < -0.4 is 10.6 Å². The summed E-state index contributed by atoms with van der Waals surface area (Å²) in [6.07, 6.45) is 0.521. The highest BCUT2D eigenvalue weighted by Crippen LogP contribution is 2.37. The van der Waals surface area contributed by atoms with Crippen LogP contribution in [0.3, 0.4) is 0 Å². The normalized spacial score (nSPS) is 17.1. The molecule has 1 aromatic carbocycles. The van der Waals surface area contributed by atoms with E-state index in [1.165, 1.54) is 17.6 Å². The molecule has 0 aliphatic carbocycles. The smallest absolute Gasteiger partial charge is 0.375 e. The summed E-state index contributed by atoms with van der Waals surface area (Å²) in [6, 6.07) is 2.84. The van der Waals surface area contributed by atoms with E-state index in [4.69, 9.17) is 4.74 Å². The molecule has 0 N–H and O–H groups in total. The van der Waals surface area contributed by atoms with Gasteiger partial charge in [-0.2, -0.15) is 18.3 Å². The lowest BCUT2D eigenvalue weighted by atomic mass is 10.0. The minimum absolute atomic E-state index is 0.0191. The Morgan fingerprint density at radius 2 is 1.97 bits per heavy atom. The number of hydrogen-bond donors (Lipinski definition) is 0. The summed E-state index contributed by atoms with van der Waals surface area (Å²) in [7, 11) is 0. The molecule has 33 heavy (non-hydrogen) atoms. The van der Waals surface area contributed by atoms with Gasteiger partial charge in [0.05, 0.1) is 36.7 Å². The van der Waals surface area contributed by atoms with Crippen LogP contribution in [-0.2, 0) is 24.0 Å². The molecule has 0 spiro atoms. The minimum Gasteiger partial charge on any atom is -0.375 e. The molecule has 3 aromatic rings. The SMILES string of the molecule is CCn1cc(Cn2c(C)cn(-c3cc(N4CCO[C@H](C)C4)cc(C(F)(F)F)c3C)c2=O)cn1. The van der Waals surface area contributed by atoms with Gasteiger partial charge in [0, 0.05) is 49.0 Å². The molecule has 0 bridgehead atoms. The van der Waals surface area contributed by atoms with E-state index in [0.717, 1.165) is 5.56 Å². The molecule has 178 valence electrons. The molecule has 3 heterocycles. The maximum Gasteiger partial charge on any atom is 0.416 e. The topological polar surface area (TPSA) is 57.2 Å². The van der Waals surface area contributed by atoms with Crippen LogP contribution in [0.1, 0.15) is 36.2 Å². The molecule has 1 atom stereocenters. The molecule has 0 unspecified atom stereocenters. The first kappa shape index (κ1) is 23.2. The lowest BCUT2D eigenvalue weighted by Crippen LogP contribution is -2.41. The van der Waals surface area contributed by atoms with E-state index in [0.29, 0.717) is 44.2 Å². The van der Waals surface area contributed by atoms with Crippen LogP contribution >= 0.6 is 0 Å². The van der Waals surface area contributed by atoms with Crippen molar-refractivity contribution in [3.05, 3.63) is 63.6 Å². The van der Waals surface area contributed by atoms with Crippen molar-refractivity contribution in [1.82, 2.24) is 18.9 Å². The maximum atomic E-state index is 13.9. The number of anilines is 1. The van der Waals surface area contributed by atoms with E-state index in [1.807, 2.05) is 24.9 Å². The van der Waals surface area contributed by atoms with Gasteiger partial charge in [-0.05, 0) is 45.4 Å². The Kier molecular flexibility index (Phi) is 6.13. The average molecular weight is 464 g/mol. The Bertz CT molecular complexity index is 1210. The second-order valence-electron chi connectivity index (χ2n) is 8.48. The molecule has 7 nitrogen and oxygen atoms in total. The number of aromatic nitrogens is 4. The Labute approximate surface area is 190 Å². The molecule has 1 aliphatic heterocycles. The van der Waals surface area contributed by atoms with Crippen LogP contribution in [0.2, 0.25) is 0 Å². The Morgan fingerprint density at radius 3 is 2.61 bits per heavy atom. The fourth-order valence-electron chi connectivity index (χ4n) is 4.27. The van der Waals surface area contributed by atoms with Crippen molar-refractivity contribution in [3.63, 3.8) is 0 Å². The average Bonchev–Trinajstić information content (AvgIpc) is 3.33. The second kappa shape index (κ2) is 8.74. The van der Waals surface area contributed by atoms with Gasteiger partial charge in [-0.1, -0.05) is 0 Å². The number of nitrogens with zero attached hydrogens (tertiary/aromatic N) is 5. The highest BCUT2D eigenvalue weighted by molar-refractivity contribution is 5.61. The molecule has 10 heteroatoms. The Balaban J connectivity index is 1.81. The van der Waals surface area contributed by atoms with Gasteiger partial charge >= 0.3 is 11.9 Å². The van der Waals surface area contributed by atoms with Gasteiger partial charge in [-0.25, -0.2) is 4.79 Å². The van der Waals surface area contributed by atoms with Gasteiger partial charge in [0.2, 0.25) is 0 Å². The van der Waals surface area contributed by atoms with E-state index < -0.39 is 11.7 Å². The first-order valence-electron chi connectivity index (χ1n) is 11.0. The van der Waals surface area contributed by atoms with Crippen molar-refractivity contribution in [2.75, 3.05) is 24.6 Å². The predicted molar refractivity (Wildman–Crippen MR) is 119 cm³/mol. The summed E-state index contributed by atoms with van der Waals surface area (Å²) in [5, 5.41) is 4.23. The second-order valence-corrected chi connectivity index (χ2v) is 8.48. The van der Waals surface area contributed by atoms with E-state index in [1.54, 1.807) is 34.6 Å². The third-order valence-electron chi connectivity index (χ3n) is 6.07. The summed E-state index contributed by atoms with van der Waals surface area (Å²) < 4.78 is 52.0. The van der Waals surface area contributed by atoms with Crippen molar-refractivity contribution in [2.45, 2.75) is 53.1 Å². The first-order chi connectivity index (χ1) is 15.6. The molecular weight excluding hydrogens is 435 g/mol. The highest BCUT2D eigenvalue weighted by Gasteiger charge is 2.35. The number of benzene rings is 1. The number of morpholine rings is 1. The van der Waals surface area contributed by atoms with Gasteiger partial charge < -0.3 is 9.64 Å². The summed E-state index contributed by atoms with van der Waals surface area (Å²) in [5.41, 5.74) is 1.06. The number of aryl methyl sites for hydroxylation is 2. The van der Waals surface area contributed by atoms with Crippen LogP contribution in [0.5, 0.6) is 0 Å². The number of hydrogen-bond acceptors (Lipinski definition) is 4. The number of alkyl halides is 3. The lowest BCUT2D eigenvalue weighted by molar-refractivity contribution is -0.138. The fraction of sp³-hybridized carbons (Fsp3) is 0.478. The third-order valence-corrected chi connectivity index (χ3v) is 6.07. The summed E-state index contributed by atoms with van der Waals surface area (Å²) >= 11 is 0. The zero-order chi connectivity index (χ0) is 23.9.